The number of hydrogen-bond donors (Lipinski definition) is 2. The second-order valence-corrected chi connectivity index (χ2v) is 9.45. The van der Waals surface area contributed by atoms with Crippen molar-refractivity contribution in [2.24, 2.45) is 0 Å². The molecule has 0 atom stereocenters. The van der Waals surface area contributed by atoms with Gasteiger partial charge in [0.2, 0.25) is 0 Å². The number of halogens is 3. The van der Waals surface area contributed by atoms with Gasteiger partial charge in [0.25, 0.3) is 5.91 Å². The third-order valence-corrected chi connectivity index (χ3v) is 6.66. The minimum Gasteiger partial charge on any atom is -0.353 e. The average Bonchev–Trinajstić information content (AvgIpc) is 2.81. The fourth-order valence-corrected chi connectivity index (χ4v) is 4.62. The molecule has 0 spiro atoms. The molecule has 7 heteroatoms. The van der Waals surface area contributed by atoms with Crippen molar-refractivity contribution in [3.8, 4) is 0 Å². The highest BCUT2D eigenvalue weighted by atomic mass is 35.5. The topological polar surface area (TPSA) is 58.2 Å². The molecule has 1 saturated carbocycles. The molecule has 0 radical (unpaired) electrons. The molecule has 0 unspecified atom stereocenters. The summed E-state index contributed by atoms with van der Waals surface area (Å²) in [5.41, 5.74) is 2.69. The van der Waals surface area contributed by atoms with Gasteiger partial charge in [-0.1, -0.05) is 48.5 Å². The summed E-state index contributed by atoms with van der Waals surface area (Å²) < 4.78 is 14.1. The van der Waals surface area contributed by atoms with Gasteiger partial charge in [-0.25, -0.2) is 4.39 Å². The van der Waals surface area contributed by atoms with Crippen LogP contribution in [0.2, 0.25) is 10.0 Å². The second kappa shape index (κ2) is 10.6. The van der Waals surface area contributed by atoms with E-state index in [9.17, 15) is 14.0 Å². The van der Waals surface area contributed by atoms with Gasteiger partial charge in [0.1, 0.15) is 5.82 Å². The number of rotatable bonds is 6. The van der Waals surface area contributed by atoms with Crippen LogP contribution in [0.3, 0.4) is 0 Å². The number of ketones is 1. The summed E-state index contributed by atoms with van der Waals surface area (Å²) in [6.07, 6.45) is 5.42. The molecule has 0 aromatic heterocycles. The van der Waals surface area contributed by atoms with Crippen molar-refractivity contribution in [2.45, 2.75) is 45.1 Å². The first-order chi connectivity index (χ1) is 16.3. The molecule has 0 saturated heterocycles. The maximum atomic E-state index is 14.1. The van der Waals surface area contributed by atoms with E-state index in [2.05, 4.69) is 10.6 Å². The van der Waals surface area contributed by atoms with Gasteiger partial charge in [0.05, 0.1) is 10.7 Å². The summed E-state index contributed by atoms with van der Waals surface area (Å²) >= 11 is 12.2. The molecule has 0 aliphatic heterocycles. The molecule has 0 bridgehead atoms. The second-order valence-electron chi connectivity index (χ2n) is 8.61. The number of benzene rings is 3. The zero-order chi connectivity index (χ0) is 24.2. The lowest BCUT2D eigenvalue weighted by atomic mass is 9.94. The van der Waals surface area contributed by atoms with E-state index in [1.807, 2.05) is 6.92 Å². The van der Waals surface area contributed by atoms with Crippen LogP contribution in [0.4, 0.5) is 15.8 Å². The summed E-state index contributed by atoms with van der Waals surface area (Å²) in [6.45, 7) is 1.82. The Balaban J connectivity index is 1.53. The zero-order valence-electron chi connectivity index (χ0n) is 18.8. The van der Waals surface area contributed by atoms with E-state index in [4.69, 9.17) is 23.2 Å². The molecule has 1 aliphatic carbocycles. The Bertz CT molecular complexity index is 1240. The molecule has 3 aromatic rings. The quantitative estimate of drug-likeness (QED) is 0.346. The molecule has 176 valence electrons. The number of amides is 1. The lowest BCUT2D eigenvalue weighted by Gasteiger charge is -2.23. The van der Waals surface area contributed by atoms with E-state index in [0.29, 0.717) is 27.4 Å². The van der Waals surface area contributed by atoms with Crippen LogP contribution >= 0.6 is 23.2 Å². The SMILES string of the molecule is Cc1ccc(C(=O)NC2CCCCC2)cc1C(=O)c1ccc(Nc2ccc(Cl)cc2F)cc1Cl. The number of carbonyl (C=O) groups is 2. The predicted molar refractivity (Wildman–Crippen MR) is 135 cm³/mol. The van der Waals surface area contributed by atoms with Crippen LogP contribution < -0.4 is 10.6 Å². The Morgan fingerprint density at radius 1 is 0.912 bits per heavy atom. The first kappa shape index (κ1) is 24.2. The maximum Gasteiger partial charge on any atom is 0.251 e. The van der Waals surface area contributed by atoms with Crippen molar-refractivity contribution < 1.29 is 14.0 Å². The molecule has 34 heavy (non-hydrogen) atoms. The lowest BCUT2D eigenvalue weighted by molar-refractivity contribution is 0.0927. The Hall–Kier alpha value is -2.89. The molecule has 1 aliphatic rings. The van der Waals surface area contributed by atoms with Gasteiger partial charge >= 0.3 is 0 Å². The Kier molecular flexibility index (Phi) is 7.54. The van der Waals surface area contributed by atoms with Gasteiger partial charge in [-0.05, 0) is 73.9 Å². The number of carbonyl (C=O) groups excluding carboxylic acids is 2. The first-order valence-electron chi connectivity index (χ1n) is 11.3. The Labute approximate surface area is 208 Å². The van der Waals surface area contributed by atoms with E-state index in [1.165, 1.54) is 18.6 Å². The molecule has 0 heterocycles. The van der Waals surface area contributed by atoms with Gasteiger partial charge in [0.15, 0.2) is 5.78 Å². The maximum absolute atomic E-state index is 14.1. The van der Waals surface area contributed by atoms with Gasteiger partial charge in [-0.3, -0.25) is 9.59 Å². The van der Waals surface area contributed by atoms with Crippen molar-refractivity contribution in [3.63, 3.8) is 0 Å². The number of aryl methyl sites for hydroxylation is 1. The van der Waals surface area contributed by atoms with Gasteiger partial charge in [-0.2, -0.15) is 0 Å². The highest BCUT2D eigenvalue weighted by molar-refractivity contribution is 6.35. The van der Waals surface area contributed by atoms with E-state index in [0.717, 1.165) is 31.2 Å². The normalized spacial score (nSPS) is 14.0. The average molecular weight is 499 g/mol. The van der Waals surface area contributed by atoms with Crippen LogP contribution in [0.25, 0.3) is 0 Å². The minimum absolute atomic E-state index is 0.170. The molecule has 1 amide bonds. The van der Waals surface area contributed by atoms with Crippen molar-refractivity contribution in [2.75, 3.05) is 5.32 Å². The van der Waals surface area contributed by atoms with Gasteiger partial charge in [0, 0.05) is 33.4 Å². The molecule has 2 N–H and O–H groups in total. The van der Waals surface area contributed by atoms with Crippen LogP contribution in [0.15, 0.2) is 54.6 Å². The van der Waals surface area contributed by atoms with Gasteiger partial charge in [-0.15, -0.1) is 0 Å². The largest absolute Gasteiger partial charge is 0.353 e. The van der Waals surface area contributed by atoms with E-state index in [-0.39, 0.29) is 28.4 Å². The Morgan fingerprint density at radius 3 is 2.38 bits per heavy atom. The molecular formula is C27H25Cl2FN2O2. The van der Waals surface area contributed by atoms with Crippen LogP contribution in [-0.2, 0) is 0 Å². The number of nitrogens with one attached hydrogen (secondary N) is 2. The zero-order valence-corrected chi connectivity index (χ0v) is 20.3. The molecule has 1 fully saturated rings. The van der Waals surface area contributed by atoms with Gasteiger partial charge < -0.3 is 10.6 Å². The summed E-state index contributed by atoms with van der Waals surface area (Å²) in [4.78, 5) is 26.1. The summed E-state index contributed by atoms with van der Waals surface area (Å²) in [5, 5.41) is 6.55. The third-order valence-electron chi connectivity index (χ3n) is 6.11. The smallest absolute Gasteiger partial charge is 0.251 e. The summed E-state index contributed by atoms with van der Waals surface area (Å²) in [7, 11) is 0. The molecule has 3 aromatic carbocycles. The van der Waals surface area contributed by atoms with Crippen LogP contribution in [0.1, 0.15) is 63.9 Å². The lowest BCUT2D eigenvalue weighted by Crippen LogP contribution is -2.36. The third kappa shape index (κ3) is 5.60. The fraction of sp³-hybridized carbons (Fsp3) is 0.259. The predicted octanol–water partition coefficient (Wildman–Crippen LogP) is 7.48. The molecular weight excluding hydrogens is 474 g/mol. The monoisotopic (exact) mass is 498 g/mol. The van der Waals surface area contributed by atoms with E-state index in [1.54, 1.807) is 42.5 Å². The highest BCUT2D eigenvalue weighted by Gasteiger charge is 2.20. The first-order valence-corrected chi connectivity index (χ1v) is 12.1. The molecule has 4 nitrogen and oxygen atoms in total. The minimum atomic E-state index is -0.497. The summed E-state index contributed by atoms with van der Waals surface area (Å²) in [5.74, 6) is -0.946. The van der Waals surface area contributed by atoms with E-state index < -0.39 is 5.82 Å². The number of anilines is 2. The van der Waals surface area contributed by atoms with Crippen molar-refractivity contribution in [3.05, 3.63) is 92.7 Å². The number of hydrogen-bond acceptors (Lipinski definition) is 3. The van der Waals surface area contributed by atoms with Crippen LogP contribution in [0.5, 0.6) is 0 Å². The fourth-order valence-electron chi connectivity index (χ4n) is 4.19. The van der Waals surface area contributed by atoms with Crippen molar-refractivity contribution >= 4 is 46.3 Å². The van der Waals surface area contributed by atoms with Crippen molar-refractivity contribution in [1.29, 1.82) is 0 Å². The molecule has 4 rings (SSSR count). The highest BCUT2D eigenvalue weighted by Crippen LogP contribution is 2.29. The standard InChI is InChI=1S/C27H25Cl2FN2O2/c1-16-7-8-17(27(34)32-19-5-3-2-4-6-19)13-22(16)26(33)21-11-10-20(15-23(21)29)31-25-12-9-18(28)14-24(25)30/h7-15,19,31H,2-6H2,1H3,(H,32,34). The Morgan fingerprint density at radius 2 is 1.68 bits per heavy atom. The van der Waals surface area contributed by atoms with Crippen molar-refractivity contribution in [1.82, 2.24) is 5.32 Å². The van der Waals surface area contributed by atoms with Crippen LogP contribution in [-0.4, -0.2) is 17.7 Å². The van der Waals surface area contributed by atoms with Crippen LogP contribution in [0, 0.1) is 12.7 Å². The summed E-state index contributed by atoms with van der Waals surface area (Å²) in [6, 6.07) is 14.4. The van der Waals surface area contributed by atoms with E-state index >= 15 is 0 Å².